The minimum absolute atomic E-state index is 0.123. The van der Waals surface area contributed by atoms with Gasteiger partial charge >= 0.3 is 5.97 Å². The minimum Gasteiger partial charge on any atom is -0.490 e. The second-order valence-electron chi connectivity index (χ2n) is 7.33. The van der Waals surface area contributed by atoms with E-state index in [0.717, 1.165) is 17.0 Å². The summed E-state index contributed by atoms with van der Waals surface area (Å²) in [6.07, 6.45) is 0.867. The number of aryl methyl sites for hydroxylation is 2. The van der Waals surface area contributed by atoms with Gasteiger partial charge < -0.3 is 14.2 Å². The number of rotatable bonds is 9. The molecule has 10 heteroatoms. The predicted molar refractivity (Wildman–Crippen MR) is 113 cm³/mol. The van der Waals surface area contributed by atoms with Crippen molar-refractivity contribution < 1.29 is 27.4 Å². The minimum atomic E-state index is -3.53. The number of benzene rings is 1. The van der Waals surface area contributed by atoms with Gasteiger partial charge in [-0.25, -0.2) is 8.42 Å². The van der Waals surface area contributed by atoms with Gasteiger partial charge in [-0.05, 0) is 50.1 Å². The van der Waals surface area contributed by atoms with E-state index >= 15 is 0 Å². The zero-order chi connectivity index (χ0) is 22.4. The molecule has 1 aliphatic rings. The molecule has 3 rings (SSSR count). The molecule has 1 aliphatic heterocycles. The summed E-state index contributed by atoms with van der Waals surface area (Å²) in [5.41, 5.74) is 3.05. The average molecular weight is 452 g/mol. The maximum atomic E-state index is 12.6. The van der Waals surface area contributed by atoms with Crippen LogP contribution in [0.1, 0.15) is 23.4 Å². The van der Waals surface area contributed by atoms with Crippen LogP contribution in [-0.2, 0) is 37.8 Å². The van der Waals surface area contributed by atoms with Crippen LogP contribution in [0.15, 0.2) is 29.2 Å². The Kier molecular flexibility index (Phi) is 7.69. The first-order chi connectivity index (χ1) is 14.8. The summed E-state index contributed by atoms with van der Waals surface area (Å²) in [5.74, 6) is 0.219. The largest absolute Gasteiger partial charge is 0.490 e. The molecule has 1 fully saturated rings. The summed E-state index contributed by atoms with van der Waals surface area (Å²) < 4.78 is 44.4. The number of esters is 1. The molecule has 0 N–H and O–H groups in total. The molecule has 0 radical (unpaired) electrons. The van der Waals surface area contributed by atoms with Crippen molar-refractivity contribution in [1.82, 2.24) is 14.1 Å². The lowest BCUT2D eigenvalue weighted by Gasteiger charge is -2.26. The first kappa shape index (κ1) is 23.2. The fraction of sp³-hybridized carbons (Fsp3) is 0.524. The summed E-state index contributed by atoms with van der Waals surface area (Å²) in [6, 6.07) is 6.24. The summed E-state index contributed by atoms with van der Waals surface area (Å²) in [4.78, 5) is 12.2. The second-order valence-corrected chi connectivity index (χ2v) is 9.27. The van der Waals surface area contributed by atoms with Gasteiger partial charge in [0.25, 0.3) is 0 Å². The molecule has 0 bridgehead atoms. The first-order valence-electron chi connectivity index (χ1n) is 10.2. The molecule has 2 aromatic rings. The monoisotopic (exact) mass is 451 g/mol. The van der Waals surface area contributed by atoms with Crippen LogP contribution < -0.4 is 4.74 Å². The molecule has 2 heterocycles. The first-order valence-corrected chi connectivity index (χ1v) is 11.7. The maximum Gasteiger partial charge on any atom is 0.306 e. The highest BCUT2D eigenvalue weighted by molar-refractivity contribution is 7.89. The molecule has 1 aromatic carbocycles. The van der Waals surface area contributed by atoms with Gasteiger partial charge in [0.15, 0.2) is 0 Å². The molecule has 0 spiro atoms. The van der Waals surface area contributed by atoms with Crippen LogP contribution in [0.3, 0.4) is 0 Å². The van der Waals surface area contributed by atoms with Gasteiger partial charge in [0.1, 0.15) is 19.0 Å². The van der Waals surface area contributed by atoms with E-state index in [-0.39, 0.29) is 30.5 Å². The average Bonchev–Trinajstić information content (AvgIpc) is 3.01. The predicted octanol–water partition coefficient (Wildman–Crippen LogP) is 1.61. The van der Waals surface area contributed by atoms with Crippen LogP contribution in [0.2, 0.25) is 0 Å². The fourth-order valence-electron chi connectivity index (χ4n) is 3.44. The number of sulfonamides is 1. The molecule has 9 nitrogen and oxygen atoms in total. The van der Waals surface area contributed by atoms with Crippen molar-refractivity contribution in [3.8, 4) is 5.75 Å². The smallest absolute Gasteiger partial charge is 0.306 e. The molecule has 1 saturated heterocycles. The lowest BCUT2D eigenvalue weighted by atomic mass is 10.1. The molecular formula is C21H29N3O6S. The zero-order valence-electron chi connectivity index (χ0n) is 18.2. The van der Waals surface area contributed by atoms with Crippen molar-refractivity contribution in [1.29, 1.82) is 0 Å². The van der Waals surface area contributed by atoms with Gasteiger partial charge in [0.2, 0.25) is 10.0 Å². The zero-order valence-corrected chi connectivity index (χ0v) is 19.0. The third kappa shape index (κ3) is 5.84. The van der Waals surface area contributed by atoms with Crippen molar-refractivity contribution in [2.75, 3.05) is 39.5 Å². The van der Waals surface area contributed by atoms with Gasteiger partial charge in [-0.1, -0.05) is 0 Å². The second kappa shape index (κ2) is 10.3. The van der Waals surface area contributed by atoms with Gasteiger partial charge in [0.05, 0.1) is 23.8 Å². The lowest BCUT2D eigenvalue weighted by Crippen LogP contribution is -2.40. The third-order valence-electron chi connectivity index (χ3n) is 5.28. The quantitative estimate of drug-likeness (QED) is 0.422. The number of ether oxygens (including phenoxy) is 3. The number of hydrogen-bond acceptors (Lipinski definition) is 7. The van der Waals surface area contributed by atoms with Crippen molar-refractivity contribution >= 4 is 16.0 Å². The van der Waals surface area contributed by atoms with Gasteiger partial charge in [-0.2, -0.15) is 9.40 Å². The highest BCUT2D eigenvalue weighted by Crippen LogP contribution is 2.20. The Morgan fingerprint density at radius 2 is 1.81 bits per heavy atom. The summed E-state index contributed by atoms with van der Waals surface area (Å²) in [6.45, 7) is 5.73. The van der Waals surface area contributed by atoms with Crippen molar-refractivity contribution in [2.45, 2.75) is 31.6 Å². The van der Waals surface area contributed by atoms with E-state index in [1.807, 2.05) is 20.9 Å². The van der Waals surface area contributed by atoms with E-state index in [0.29, 0.717) is 38.5 Å². The fourth-order valence-corrected chi connectivity index (χ4v) is 4.85. The Hall–Kier alpha value is -2.43. The van der Waals surface area contributed by atoms with Gasteiger partial charge in [-0.15, -0.1) is 0 Å². The lowest BCUT2D eigenvalue weighted by molar-refractivity contribution is -0.144. The van der Waals surface area contributed by atoms with E-state index < -0.39 is 10.0 Å². The van der Waals surface area contributed by atoms with Crippen molar-refractivity contribution in [3.63, 3.8) is 0 Å². The Bertz CT molecular complexity index is 995. The van der Waals surface area contributed by atoms with Crippen LogP contribution in [0.5, 0.6) is 5.75 Å². The van der Waals surface area contributed by atoms with E-state index in [4.69, 9.17) is 14.2 Å². The van der Waals surface area contributed by atoms with Crippen LogP contribution in [0, 0.1) is 13.8 Å². The van der Waals surface area contributed by atoms with Gasteiger partial charge in [-0.3, -0.25) is 9.48 Å². The van der Waals surface area contributed by atoms with Crippen LogP contribution in [0.4, 0.5) is 0 Å². The van der Waals surface area contributed by atoms with E-state index in [1.54, 1.807) is 16.8 Å². The topological polar surface area (TPSA) is 100.0 Å². The number of carbonyl (C=O) groups excluding carboxylic acids is 1. The SMILES string of the molecule is Cc1nn(C)c(C)c1CCC(=O)OCCOc1ccc(S(=O)(=O)N2CCOCC2)cc1. The molecule has 0 atom stereocenters. The molecule has 0 amide bonds. The molecule has 170 valence electrons. The standard InChI is InChI=1S/C21H29N3O6S/c1-16-20(17(2)23(3)22-16)8-9-21(25)30-15-14-29-18-4-6-19(7-5-18)31(26,27)24-10-12-28-13-11-24/h4-7H,8-15H2,1-3H3. The van der Waals surface area contributed by atoms with E-state index in [9.17, 15) is 13.2 Å². The highest BCUT2D eigenvalue weighted by Gasteiger charge is 2.26. The normalized spacial score (nSPS) is 15.1. The molecule has 0 aliphatic carbocycles. The third-order valence-corrected chi connectivity index (χ3v) is 7.20. The van der Waals surface area contributed by atoms with Crippen molar-refractivity contribution in [2.24, 2.45) is 7.05 Å². The van der Waals surface area contributed by atoms with Crippen LogP contribution in [0.25, 0.3) is 0 Å². The molecule has 31 heavy (non-hydrogen) atoms. The Morgan fingerprint density at radius 1 is 1.13 bits per heavy atom. The number of morpholine rings is 1. The maximum absolute atomic E-state index is 12.6. The Labute approximate surface area is 182 Å². The molecular weight excluding hydrogens is 422 g/mol. The van der Waals surface area contributed by atoms with Gasteiger partial charge in [0, 0.05) is 32.3 Å². The number of hydrogen-bond donors (Lipinski definition) is 0. The number of carbonyl (C=O) groups is 1. The summed E-state index contributed by atoms with van der Waals surface area (Å²) >= 11 is 0. The number of aromatic nitrogens is 2. The van der Waals surface area contributed by atoms with E-state index in [2.05, 4.69) is 5.10 Å². The van der Waals surface area contributed by atoms with E-state index in [1.165, 1.54) is 16.4 Å². The Balaban J connectivity index is 1.41. The Morgan fingerprint density at radius 3 is 2.42 bits per heavy atom. The van der Waals surface area contributed by atoms with Crippen molar-refractivity contribution in [3.05, 3.63) is 41.2 Å². The highest BCUT2D eigenvalue weighted by atomic mass is 32.2. The number of nitrogens with zero attached hydrogens (tertiary/aromatic N) is 3. The molecule has 0 saturated carbocycles. The van der Waals surface area contributed by atoms with Crippen LogP contribution in [-0.4, -0.2) is 68.0 Å². The van der Waals surface area contributed by atoms with Crippen LogP contribution >= 0.6 is 0 Å². The summed E-state index contributed by atoms with van der Waals surface area (Å²) in [5, 5.41) is 4.34. The molecule has 1 aromatic heterocycles. The summed E-state index contributed by atoms with van der Waals surface area (Å²) in [7, 11) is -1.65. The molecule has 0 unspecified atom stereocenters.